The Morgan fingerprint density at radius 3 is 1.67 bits per heavy atom. The first-order chi connectivity index (χ1) is 5.31. The molecule has 0 amide bonds. The summed E-state index contributed by atoms with van der Waals surface area (Å²) in [5, 5.41) is 10.4. The van der Waals surface area contributed by atoms with Crippen LogP contribution in [0.25, 0.3) is 0 Å². The molecule has 1 saturated carbocycles. The number of hydrogen-bond donors (Lipinski definition) is 1. The van der Waals surface area contributed by atoms with Crippen LogP contribution in [0.3, 0.4) is 0 Å². The molecule has 0 aliphatic heterocycles. The lowest BCUT2D eigenvalue weighted by Crippen LogP contribution is -2.59. The molecule has 0 saturated heterocycles. The molecule has 72 valence electrons. The number of aliphatic hydroxyl groups is 1. The van der Waals surface area contributed by atoms with Crippen molar-refractivity contribution in [2.45, 2.75) is 53.1 Å². The summed E-state index contributed by atoms with van der Waals surface area (Å²) >= 11 is 0. The maximum Gasteiger partial charge on any atom is 0.0726 e. The molecule has 0 bridgehead atoms. The zero-order chi connectivity index (χ0) is 9.57. The third kappa shape index (κ3) is 1.19. The maximum absolute atomic E-state index is 10.4. The molecule has 1 N–H and O–H groups in total. The highest BCUT2D eigenvalue weighted by Gasteiger charge is 2.55. The molecule has 2 atom stereocenters. The SMILES string of the molecule is CC(C)C(C)C1(O)CCC1(C)C. The molecular weight excluding hydrogens is 148 g/mol. The molecule has 12 heavy (non-hydrogen) atoms. The van der Waals surface area contributed by atoms with E-state index < -0.39 is 5.60 Å². The summed E-state index contributed by atoms with van der Waals surface area (Å²) in [6.45, 7) is 10.9. The first-order valence-electron chi connectivity index (χ1n) is 5.03. The first kappa shape index (κ1) is 10.0. The van der Waals surface area contributed by atoms with E-state index in [1.165, 1.54) is 6.42 Å². The van der Waals surface area contributed by atoms with Gasteiger partial charge in [-0.15, -0.1) is 0 Å². The van der Waals surface area contributed by atoms with Gasteiger partial charge < -0.3 is 5.11 Å². The van der Waals surface area contributed by atoms with Gasteiger partial charge in [0.15, 0.2) is 0 Å². The van der Waals surface area contributed by atoms with Crippen LogP contribution >= 0.6 is 0 Å². The highest BCUT2D eigenvalue weighted by Crippen LogP contribution is 2.54. The summed E-state index contributed by atoms with van der Waals surface area (Å²) < 4.78 is 0. The second-order valence-electron chi connectivity index (χ2n) is 5.34. The van der Waals surface area contributed by atoms with Crippen LogP contribution in [-0.4, -0.2) is 10.7 Å². The van der Waals surface area contributed by atoms with Crippen molar-refractivity contribution < 1.29 is 5.11 Å². The molecule has 1 fully saturated rings. The van der Waals surface area contributed by atoms with Gasteiger partial charge in [0.05, 0.1) is 5.60 Å². The van der Waals surface area contributed by atoms with Crippen molar-refractivity contribution in [2.75, 3.05) is 0 Å². The van der Waals surface area contributed by atoms with Gasteiger partial charge in [-0.25, -0.2) is 0 Å². The van der Waals surface area contributed by atoms with Crippen molar-refractivity contribution in [1.82, 2.24) is 0 Å². The Bertz CT molecular complexity index is 172. The molecule has 1 aliphatic carbocycles. The summed E-state index contributed by atoms with van der Waals surface area (Å²) in [5.74, 6) is 0.996. The third-order valence-corrected chi connectivity index (χ3v) is 4.06. The van der Waals surface area contributed by atoms with Crippen molar-refractivity contribution in [3.63, 3.8) is 0 Å². The van der Waals surface area contributed by atoms with Crippen molar-refractivity contribution >= 4 is 0 Å². The lowest BCUT2D eigenvalue weighted by atomic mass is 9.53. The summed E-state index contributed by atoms with van der Waals surface area (Å²) in [6, 6.07) is 0. The Morgan fingerprint density at radius 1 is 1.08 bits per heavy atom. The van der Waals surface area contributed by atoms with Crippen LogP contribution in [0.5, 0.6) is 0 Å². The van der Waals surface area contributed by atoms with Gasteiger partial charge >= 0.3 is 0 Å². The molecule has 1 nitrogen and oxygen atoms in total. The normalized spacial score (nSPS) is 36.2. The number of rotatable bonds is 2. The van der Waals surface area contributed by atoms with E-state index in [-0.39, 0.29) is 5.41 Å². The third-order valence-electron chi connectivity index (χ3n) is 4.06. The van der Waals surface area contributed by atoms with Gasteiger partial charge in [-0.2, -0.15) is 0 Å². The second-order valence-corrected chi connectivity index (χ2v) is 5.34. The van der Waals surface area contributed by atoms with Gasteiger partial charge in [0, 0.05) is 0 Å². The first-order valence-corrected chi connectivity index (χ1v) is 5.03. The molecule has 1 heteroatoms. The van der Waals surface area contributed by atoms with E-state index >= 15 is 0 Å². The van der Waals surface area contributed by atoms with Gasteiger partial charge in [0.25, 0.3) is 0 Å². The quantitative estimate of drug-likeness (QED) is 0.675. The topological polar surface area (TPSA) is 20.2 Å². The molecule has 0 heterocycles. The van der Waals surface area contributed by atoms with E-state index in [0.717, 1.165) is 6.42 Å². The molecule has 0 aromatic carbocycles. The average molecular weight is 170 g/mol. The lowest BCUT2D eigenvalue weighted by Gasteiger charge is -2.57. The number of hydrogen-bond acceptors (Lipinski definition) is 1. The average Bonchev–Trinajstić information content (AvgIpc) is 1.99. The van der Waals surface area contributed by atoms with Gasteiger partial charge in [-0.1, -0.05) is 34.6 Å². The van der Waals surface area contributed by atoms with Crippen LogP contribution in [0.1, 0.15) is 47.5 Å². The van der Waals surface area contributed by atoms with E-state index in [4.69, 9.17) is 0 Å². The van der Waals surface area contributed by atoms with Crippen LogP contribution in [0.2, 0.25) is 0 Å². The molecule has 0 spiro atoms. The van der Waals surface area contributed by atoms with Gasteiger partial charge in [-0.05, 0) is 30.1 Å². The second kappa shape index (κ2) is 2.73. The predicted octanol–water partition coefficient (Wildman–Crippen LogP) is 2.83. The Morgan fingerprint density at radius 2 is 1.58 bits per heavy atom. The molecule has 0 radical (unpaired) electrons. The van der Waals surface area contributed by atoms with E-state index in [1.54, 1.807) is 0 Å². The minimum Gasteiger partial charge on any atom is -0.389 e. The maximum atomic E-state index is 10.4. The predicted molar refractivity (Wildman–Crippen MR) is 52.0 cm³/mol. The highest BCUT2D eigenvalue weighted by atomic mass is 16.3. The summed E-state index contributed by atoms with van der Waals surface area (Å²) in [6.07, 6.45) is 2.15. The van der Waals surface area contributed by atoms with E-state index in [0.29, 0.717) is 11.8 Å². The Balaban J connectivity index is 2.73. The van der Waals surface area contributed by atoms with Gasteiger partial charge in [-0.3, -0.25) is 0 Å². The summed E-state index contributed by atoms with van der Waals surface area (Å²) in [5.41, 5.74) is -0.266. The minimum atomic E-state index is -0.402. The lowest BCUT2D eigenvalue weighted by molar-refractivity contribution is -0.190. The van der Waals surface area contributed by atoms with Crippen molar-refractivity contribution in [1.29, 1.82) is 0 Å². The van der Waals surface area contributed by atoms with Crippen molar-refractivity contribution in [2.24, 2.45) is 17.3 Å². The van der Waals surface area contributed by atoms with E-state index in [2.05, 4.69) is 34.6 Å². The zero-order valence-electron chi connectivity index (χ0n) is 9.02. The molecular formula is C11H22O. The van der Waals surface area contributed by atoms with Crippen LogP contribution in [0.15, 0.2) is 0 Å². The molecule has 1 rings (SSSR count). The fourth-order valence-corrected chi connectivity index (χ4v) is 2.28. The van der Waals surface area contributed by atoms with Crippen LogP contribution < -0.4 is 0 Å². The van der Waals surface area contributed by atoms with Gasteiger partial charge in [0.2, 0.25) is 0 Å². The fourth-order valence-electron chi connectivity index (χ4n) is 2.28. The van der Waals surface area contributed by atoms with Crippen LogP contribution in [-0.2, 0) is 0 Å². The molecule has 1 aliphatic rings. The molecule has 0 aromatic heterocycles. The van der Waals surface area contributed by atoms with E-state index in [1.807, 2.05) is 0 Å². The summed E-state index contributed by atoms with van der Waals surface area (Å²) in [7, 11) is 0. The highest BCUT2D eigenvalue weighted by molar-refractivity contribution is 5.06. The van der Waals surface area contributed by atoms with Crippen LogP contribution in [0, 0.1) is 17.3 Å². The van der Waals surface area contributed by atoms with E-state index in [9.17, 15) is 5.11 Å². The Labute approximate surface area is 76.2 Å². The Hall–Kier alpha value is -0.0400. The molecule has 2 unspecified atom stereocenters. The fraction of sp³-hybridized carbons (Fsp3) is 1.00. The monoisotopic (exact) mass is 170 g/mol. The van der Waals surface area contributed by atoms with Gasteiger partial charge in [0.1, 0.15) is 0 Å². The minimum absolute atomic E-state index is 0.136. The van der Waals surface area contributed by atoms with Crippen LogP contribution in [0.4, 0.5) is 0 Å². The van der Waals surface area contributed by atoms with Crippen molar-refractivity contribution in [3.05, 3.63) is 0 Å². The largest absolute Gasteiger partial charge is 0.389 e. The summed E-state index contributed by atoms with van der Waals surface area (Å²) in [4.78, 5) is 0. The van der Waals surface area contributed by atoms with Crippen molar-refractivity contribution in [3.8, 4) is 0 Å². The zero-order valence-corrected chi connectivity index (χ0v) is 9.02. The molecule has 0 aromatic rings. The standard InChI is InChI=1S/C11H22O/c1-8(2)9(3)11(12)7-6-10(11,4)5/h8-9,12H,6-7H2,1-5H3. The smallest absolute Gasteiger partial charge is 0.0726 e. The Kier molecular flexibility index (Phi) is 2.28.